The van der Waals surface area contributed by atoms with Crippen LogP contribution in [0.5, 0.6) is 0 Å². The van der Waals surface area contributed by atoms with Gasteiger partial charge in [-0.15, -0.1) is 0 Å². The fourth-order valence-corrected chi connectivity index (χ4v) is 3.41. The molecule has 2 saturated heterocycles. The molecule has 2 heterocycles. The largest absolute Gasteiger partial charge is 0.378 e. The van der Waals surface area contributed by atoms with E-state index in [1.165, 1.54) is 30.9 Å². The van der Waals surface area contributed by atoms with Crippen molar-refractivity contribution in [2.45, 2.75) is 31.9 Å². The third kappa shape index (κ3) is 3.91. The molecule has 0 spiro atoms. The van der Waals surface area contributed by atoms with Crippen LogP contribution in [0.25, 0.3) is 0 Å². The molecule has 3 atom stereocenters. The van der Waals surface area contributed by atoms with Crippen LogP contribution in [0.15, 0.2) is 0 Å². The van der Waals surface area contributed by atoms with Crippen LogP contribution in [-0.4, -0.2) is 49.9 Å². The predicted molar refractivity (Wildman–Crippen MR) is 70.1 cm³/mol. The van der Waals surface area contributed by atoms with Crippen LogP contribution in [-0.2, 0) is 4.74 Å². The van der Waals surface area contributed by atoms with Gasteiger partial charge in [0.05, 0.1) is 6.10 Å². The van der Waals surface area contributed by atoms with Gasteiger partial charge in [-0.05, 0) is 32.2 Å². The van der Waals surface area contributed by atoms with E-state index in [9.17, 15) is 0 Å². The molecule has 2 aliphatic rings. The van der Waals surface area contributed by atoms with Crippen molar-refractivity contribution in [3.63, 3.8) is 0 Å². The molecule has 0 aromatic heterocycles. The van der Waals surface area contributed by atoms with Crippen LogP contribution in [0.4, 0.5) is 0 Å². The Morgan fingerprint density at radius 3 is 3.12 bits per heavy atom. The molecule has 0 bridgehead atoms. The van der Waals surface area contributed by atoms with Crippen molar-refractivity contribution in [1.29, 1.82) is 0 Å². The van der Waals surface area contributed by atoms with E-state index in [2.05, 4.69) is 29.3 Å². The molecule has 0 aromatic rings. The number of rotatable bonds is 5. The van der Waals surface area contributed by atoms with Crippen LogP contribution in [0.2, 0.25) is 0 Å². The van der Waals surface area contributed by atoms with Crippen molar-refractivity contribution in [3.8, 4) is 0 Å². The number of ether oxygens (including phenoxy) is 1. The average Bonchev–Trinajstić information content (AvgIpc) is 2.72. The Kier molecular flexibility index (Phi) is 5.42. The molecule has 0 amide bonds. The second-order valence-corrected chi connectivity index (χ2v) is 5.99. The first kappa shape index (κ1) is 12.7. The molecule has 2 aliphatic heterocycles. The molecule has 4 heteroatoms. The zero-order valence-corrected chi connectivity index (χ0v) is 11.0. The number of thioether (sulfide) groups is 1. The molecule has 16 heavy (non-hydrogen) atoms. The van der Waals surface area contributed by atoms with E-state index in [0.29, 0.717) is 6.10 Å². The summed E-state index contributed by atoms with van der Waals surface area (Å²) in [6, 6.07) is 0.725. The van der Waals surface area contributed by atoms with Gasteiger partial charge in [-0.2, -0.15) is 11.8 Å². The molecule has 0 radical (unpaired) electrons. The minimum atomic E-state index is 0.455. The maximum absolute atomic E-state index is 5.56. The second kappa shape index (κ2) is 6.84. The highest BCUT2D eigenvalue weighted by molar-refractivity contribution is 7.99. The fraction of sp³-hybridized carbons (Fsp3) is 1.00. The Morgan fingerprint density at radius 1 is 1.50 bits per heavy atom. The standard InChI is InChI=1S/C12H24N2OS/c1-10-11(3-6-15-10)8-13-4-2-12-9-16-7-5-14-12/h10-14H,2-9H2,1H3. The van der Waals surface area contributed by atoms with E-state index in [1.807, 2.05) is 0 Å². The van der Waals surface area contributed by atoms with Gasteiger partial charge in [0.25, 0.3) is 0 Å². The highest BCUT2D eigenvalue weighted by Gasteiger charge is 2.23. The topological polar surface area (TPSA) is 33.3 Å². The van der Waals surface area contributed by atoms with E-state index >= 15 is 0 Å². The monoisotopic (exact) mass is 244 g/mol. The van der Waals surface area contributed by atoms with Gasteiger partial charge in [-0.25, -0.2) is 0 Å². The zero-order valence-electron chi connectivity index (χ0n) is 10.2. The summed E-state index contributed by atoms with van der Waals surface area (Å²) < 4.78 is 5.56. The molecular weight excluding hydrogens is 220 g/mol. The minimum absolute atomic E-state index is 0.455. The van der Waals surface area contributed by atoms with Gasteiger partial charge in [-0.3, -0.25) is 0 Å². The van der Waals surface area contributed by atoms with E-state index < -0.39 is 0 Å². The molecule has 0 aromatic carbocycles. The smallest absolute Gasteiger partial charge is 0.0588 e. The van der Waals surface area contributed by atoms with Crippen molar-refractivity contribution in [2.24, 2.45) is 5.92 Å². The van der Waals surface area contributed by atoms with Crippen LogP contribution in [0.3, 0.4) is 0 Å². The summed E-state index contributed by atoms with van der Waals surface area (Å²) in [5.41, 5.74) is 0. The first-order valence-corrected chi connectivity index (χ1v) is 7.65. The summed E-state index contributed by atoms with van der Waals surface area (Å²) in [5, 5.41) is 7.15. The molecule has 2 fully saturated rings. The van der Waals surface area contributed by atoms with E-state index in [-0.39, 0.29) is 0 Å². The first-order chi connectivity index (χ1) is 7.86. The van der Waals surface area contributed by atoms with Gasteiger partial charge in [0.2, 0.25) is 0 Å². The van der Waals surface area contributed by atoms with Crippen molar-refractivity contribution in [3.05, 3.63) is 0 Å². The molecule has 3 unspecified atom stereocenters. The van der Waals surface area contributed by atoms with Gasteiger partial charge >= 0.3 is 0 Å². The summed E-state index contributed by atoms with van der Waals surface area (Å²) in [6.45, 7) is 6.60. The summed E-state index contributed by atoms with van der Waals surface area (Å²) in [5.74, 6) is 3.29. The van der Waals surface area contributed by atoms with Crippen LogP contribution < -0.4 is 10.6 Å². The second-order valence-electron chi connectivity index (χ2n) is 4.84. The van der Waals surface area contributed by atoms with Crippen molar-refractivity contribution in [2.75, 3.05) is 37.7 Å². The van der Waals surface area contributed by atoms with E-state index in [1.54, 1.807) is 0 Å². The van der Waals surface area contributed by atoms with Gasteiger partial charge in [0.15, 0.2) is 0 Å². The lowest BCUT2D eigenvalue weighted by molar-refractivity contribution is 0.105. The Bertz CT molecular complexity index is 197. The lowest BCUT2D eigenvalue weighted by Crippen LogP contribution is -2.40. The molecule has 0 aliphatic carbocycles. The van der Waals surface area contributed by atoms with Gasteiger partial charge in [-0.1, -0.05) is 0 Å². The third-order valence-electron chi connectivity index (χ3n) is 3.61. The highest BCUT2D eigenvalue weighted by atomic mass is 32.2. The normalized spacial score (nSPS) is 35.4. The summed E-state index contributed by atoms with van der Waals surface area (Å²) in [4.78, 5) is 0. The molecule has 94 valence electrons. The Morgan fingerprint density at radius 2 is 2.44 bits per heavy atom. The SMILES string of the molecule is CC1OCCC1CNCCC1CSCCN1. The Balaban J connectivity index is 1.51. The minimum Gasteiger partial charge on any atom is -0.378 e. The third-order valence-corrected chi connectivity index (χ3v) is 4.74. The molecule has 3 nitrogen and oxygen atoms in total. The molecule has 2 N–H and O–H groups in total. The molecule has 2 rings (SSSR count). The quantitative estimate of drug-likeness (QED) is 0.710. The summed E-state index contributed by atoms with van der Waals surface area (Å²) in [7, 11) is 0. The van der Waals surface area contributed by atoms with Crippen molar-refractivity contribution >= 4 is 11.8 Å². The van der Waals surface area contributed by atoms with Gasteiger partial charge in [0.1, 0.15) is 0 Å². The number of nitrogens with one attached hydrogen (secondary N) is 2. The van der Waals surface area contributed by atoms with Crippen molar-refractivity contribution in [1.82, 2.24) is 10.6 Å². The van der Waals surface area contributed by atoms with Gasteiger partial charge in [0, 0.05) is 37.2 Å². The lowest BCUT2D eigenvalue weighted by Gasteiger charge is -2.23. The molecule has 0 saturated carbocycles. The van der Waals surface area contributed by atoms with Gasteiger partial charge < -0.3 is 15.4 Å². The molecular formula is C12H24N2OS. The highest BCUT2D eigenvalue weighted by Crippen LogP contribution is 2.19. The van der Waals surface area contributed by atoms with E-state index in [4.69, 9.17) is 4.74 Å². The maximum atomic E-state index is 5.56. The average molecular weight is 244 g/mol. The zero-order chi connectivity index (χ0) is 11.2. The summed E-state index contributed by atoms with van der Waals surface area (Å²) in [6.07, 6.45) is 2.94. The van der Waals surface area contributed by atoms with Crippen molar-refractivity contribution < 1.29 is 4.74 Å². The first-order valence-electron chi connectivity index (χ1n) is 6.49. The fourth-order valence-electron chi connectivity index (χ4n) is 2.41. The number of hydrogen-bond donors (Lipinski definition) is 2. The number of hydrogen-bond acceptors (Lipinski definition) is 4. The Labute approximate surface area is 103 Å². The lowest BCUT2D eigenvalue weighted by atomic mass is 10.0. The maximum Gasteiger partial charge on any atom is 0.0588 e. The van der Waals surface area contributed by atoms with E-state index in [0.717, 1.165) is 31.7 Å². The van der Waals surface area contributed by atoms with Crippen LogP contribution in [0.1, 0.15) is 19.8 Å². The summed E-state index contributed by atoms with van der Waals surface area (Å²) >= 11 is 2.08. The Hall–Kier alpha value is 0.230. The van der Waals surface area contributed by atoms with Crippen LogP contribution >= 0.6 is 11.8 Å². The predicted octanol–water partition coefficient (Wildman–Crippen LogP) is 1.10. The van der Waals surface area contributed by atoms with Crippen LogP contribution in [0, 0.1) is 5.92 Å².